The summed E-state index contributed by atoms with van der Waals surface area (Å²) in [4.78, 5) is 43.8. The van der Waals surface area contributed by atoms with E-state index in [1.54, 1.807) is 36.3 Å². The second-order valence-corrected chi connectivity index (χ2v) is 10.2. The third-order valence-corrected chi connectivity index (χ3v) is 8.12. The molecular formula is C28H28N2O4. The van der Waals surface area contributed by atoms with E-state index >= 15 is 0 Å². The average Bonchev–Trinajstić information content (AvgIpc) is 3.61. The number of methoxy groups -OCH3 is 1. The number of hydrogen-bond donors (Lipinski definition) is 0. The van der Waals surface area contributed by atoms with Gasteiger partial charge < -0.3 is 4.74 Å². The average molecular weight is 457 g/mol. The summed E-state index contributed by atoms with van der Waals surface area (Å²) < 4.78 is 5.31. The molecule has 2 aromatic carbocycles. The topological polar surface area (TPSA) is 66.9 Å². The van der Waals surface area contributed by atoms with Crippen LogP contribution in [0, 0.1) is 49.4 Å². The summed E-state index contributed by atoms with van der Waals surface area (Å²) in [5.74, 6) is 0.883. The van der Waals surface area contributed by atoms with Gasteiger partial charge in [0.2, 0.25) is 11.8 Å². The summed E-state index contributed by atoms with van der Waals surface area (Å²) in [6, 6.07) is 12.8. The molecule has 7 rings (SSSR count). The lowest BCUT2D eigenvalue weighted by Crippen LogP contribution is -2.45. The number of benzene rings is 2. The Balaban J connectivity index is 1.36. The molecule has 1 aliphatic heterocycles. The second-order valence-electron chi connectivity index (χ2n) is 10.2. The predicted octanol–water partition coefficient (Wildman–Crippen LogP) is 3.97. The molecule has 5 aliphatic rings. The van der Waals surface area contributed by atoms with E-state index in [4.69, 9.17) is 4.74 Å². The number of carbonyl (C=O) groups excluding carboxylic acids is 3. The molecule has 1 saturated heterocycles. The van der Waals surface area contributed by atoms with Crippen LogP contribution in [-0.2, 0) is 9.59 Å². The van der Waals surface area contributed by atoms with Crippen LogP contribution in [-0.4, -0.2) is 36.4 Å². The number of aryl methyl sites for hydroxylation is 2. The number of hydrogen-bond acceptors (Lipinski definition) is 4. The number of imide groups is 1. The quantitative estimate of drug-likeness (QED) is 0.504. The van der Waals surface area contributed by atoms with E-state index in [0.717, 1.165) is 17.5 Å². The summed E-state index contributed by atoms with van der Waals surface area (Å²) in [6.07, 6.45) is 5.45. The lowest BCUT2D eigenvalue weighted by atomic mass is 9.63. The minimum atomic E-state index is -0.278. The number of ether oxygens (including phenoxy) is 1. The molecule has 0 N–H and O–H groups in total. The van der Waals surface area contributed by atoms with E-state index in [9.17, 15) is 14.4 Å². The van der Waals surface area contributed by atoms with Crippen LogP contribution < -0.4 is 9.64 Å². The smallest absolute Gasteiger partial charge is 0.259 e. The zero-order chi connectivity index (χ0) is 23.7. The number of nitrogens with zero attached hydrogens (tertiary/aromatic N) is 2. The van der Waals surface area contributed by atoms with Crippen LogP contribution in [0.3, 0.4) is 0 Å². The van der Waals surface area contributed by atoms with Crippen LogP contribution in [0.4, 0.5) is 5.69 Å². The highest BCUT2D eigenvalue weighted by Gasteiger charge is 2.67. The maximum atomic E-state index is 13.8. The Hall–Kier alpha value is -3.41. The van der Waals surface area contributed by atoms with Gasteiger partial charge in [0.05, 0.1) is 18.9 Å². The molecule has 1 heterocycles. The Morgan fingerprint density at radius 3 is 2.18 bits per heavy atom. The SMILES string of the molecule is COc1cccc(C(=O)N(CN2C(=O)C3C4C=CC(C5CC45)C3C2=O)c2cc(C)cc(C)c2)c1. The lowest BCUT2D eigenvalue weighted by Gasteiger charge is -2.37. The molecule has 6 nitrogen and oxygen atoms in total. The van der Waals surface area contributed by atoms with Crippen molar-refractivity contribution in [3.8, 4) is 5.75 Å². The van der Waals surface area contributed by atoms with Crippen molar-refractivity contribution in [1.82, 2.24) is 4.90 Å². The largest absolute Gasteiger partial charge is 0.497 e. The Morgan fingerprint density at radius 1 is 0.971 bits per heavy atom. The Bertz CT molecular complexity index is 1190. The van der Waals surface area contributed by atoms with Crippen LogP contribution in [0.1, 0.15) is 27.9 Å². The fraction of sp³-hybridized carbons (Fsp3) is 0.393. The molecule has 0 radical (unpaired) electrons. The fourth-order valence-corrected chi connectivity index (χ4v) is 6.58. The van der Waals surface area contributed by atoms with Crippen molar-refractivity contribution >= 4 is 23.4 Å². The monoisotopic (exact) mass is 456 g/mol. The first-order valence-electron chi connectivity index (χ1n) is 11.9. The van der Waals surface area contributed by atoms with Crippen molar-refractivity contribution < 1.29 is 19.1 Å². The van der Waals surface area contributed by atoms with Gasteiger partial charge in [0, 0.05) is 11.3 Å². The van der Waals surface area contributed by atoms with Gasteiger partial charge in [-0.2, -0.15) is 0 Å². The molecule has 4 aliphatic carbocycles. The molecule has 6 unspecified atom stereocenters. The van der Waals surface area contributed by atoms with Gasteiger partial charge in [0.1, 0.15) is 12.4 Å². The van der Waals surface area contributed by atoms with Gasteiger partial charge in [-0.1, -0.05) is 24.3 Å². The molecule has 0 spiro atoms. The van der Waals surface area contributed by atoms with Gasteiger partial charge in [-0.3, -0.25) is 24.2 Å². The number of anilines is 1. The molecule has 6 heteroatoms. The summed E-state index contributed by atoms with van der Waals surface area (Å²) in [5, 5.41) is 0. The molecule has 2 aromatic rings. The van der Waals surface area contributed by atoms with Crippen molar-refractivity contribution in [1.29, 1.82) is 0 Å². The minimum absolute atomic E-state index is 0.0849. The molecule has 34 heavy (non-hydrogen) atoms. The molecule has 6 atom stereocenters. The highest BCUT2D eigenvalue weighted by Crippen LogP contribution is 2.65. The number of carbonyl (C=O) groups is 3. The Morgan fingerprint density at radius 2 is 1.59 bits per heavy atom. The zero-order valence-electron chi connectivity index (χ0n) is 19.6. The van der Waals surface area contributed by atoms with Gasteiger partial charge >= 0.3 is 0 Å². The molecule has 3 amide bonds. The summed E-state index contributed by atoms with van der Waals surface area (Å²) >= 11 is 0. The highest BCUT2D eigenvalue weighted by molar-refractivity contribution is 6.10. The third-order valence-electron chi connectivity index (χ3n) is 8.12. The number of rotatable bonds is 5. The van der Waals surface area contributed by atoms with Gasteiger partial charge in [-0.05, 0) is 85.4 Å². The fourth-order valence-electron chi connectivity index (χ4n) is 6.58. The maximum absolute atomic E-state index is 13.8. The number of likely N-dealkylation sites (tertiary alicyclic amines) is 1. The van der Waals surface area contributed by atoms with E-state index < -0.39 is 0 Å². The van der Waals surface area contributed by atoms with E-state index in [0.29, 0.717) is 28.8 Å². The van der Waals surface area contributed by atoms with Crippen LogP contribution in [0.25, 0.3) is 0 Å². The normalized spacial score (nSPS) is 30.3. The molecule has 2 bridgehead atoms. The molecule has 174 valence electrons. The summed E-state index contributed by atoms with van der Waals surface area (Å²) in [5.41, 5.74) is 3.13. The minimum Gasteiger partial charge on any atom is -0.497 e. The highest BCUT2D eigenvalue weighted by atomic mass is 16.5. The van der Waals surface area contributed by atoms with Crippen molar-refractivity contribution in [2.24, 2.45) is 35.5 Å². The second kappa shape index (κ2) is 7.55. The van der Waals surface area contributed by atoms with Crippen LogP contribution in [0.5, 0.6) is 5.75 Å². The van der Waals surface area contributed by atoms with Crippen LogP contribution >= 0.6 is 0 Å². The van der Waals surface area contributed by atoms with Gasteiger partial charge in [0.15, 0.2) is 0 Å². The summed E-state index contributed by atoms with van der Waals surface area (Å²) in [6.45, 7) is 3.86. The van der Waals surface area contributed by atoms with E-state index in [1.165, 1.54) is 4.90 Å². The predicted molar refractivity (Wildman–Crippen MR) is 127 cm³/mol. The maximum Gasteiger partial charge on any atom is 0.259 e. The lowest BCUT2D eigenvalue weighted by molar-refractivity contribution is -0.140. The molecule has 2 saturated carbocycles. The van der Waals surface area contributed by atoms with E-state index in [1.807, 2.05) is 32.0 Å². The van der Waals surface area contributed by atoms with Gasteiger partial charge in [-0.25, -0.2) is 0 Å². The summed E-state index contributed by atoms with van der Waals surface area (Å²) in [7, 11) is 1.56. The molecule has 0 aromatic heterocycles. The van der Waals surface area contributed by atoms with Crippen molar-refractivity contribution in [2.75, 3.05) is 18.7 Å². The first kappa shape index (κ1) is 21.1. The Labute approximate surface area is 199 Å². The third kappa shape index (κ3) is 3.11. The van der Waals surface area contributed by atoms with Gasteiger partial charge in [-0.15, -0.1) is 0 Å². The van der Waals surface area contributed by atoms with Crippen LogP contribution in [0.2, 0.25) is 0 Å². The first-order valence-corrected chi connectivity index (χ1v) is 11.9. The van der Waals surface area contributed by atoms with Gasteiger partial charge in [0.25, 0.3) is 5.91 Å². The molecular weight excluding hydrogens is 428 g/mol. The van der Waals surface area contributed by atoms with Crippen molar-refractivity contribution in [2.45, 2.75) is 20.3 Å². The molecule has 3 fully saturated rings. The van der Waals surface area contributed by atoms with Crippen molar-refractivity contribution in [3.63, 3.8) is 0 Å². The Kier molecular flexibility index (Phi) is 4.70. The zero-order valence-corrected chi connectivity index (χ0v) is 19.6. The van der Waals surface area contributed by atoms with Crippen LogP contribution in [0.15, 0.2) is 54.6 Å². The van der Waals surface area contributed by atoms with E-state index in [-0.39, 0.29) is 48.1 Å². The number of amides is 3. The van der Waals surface area contributed by atoms with Crippen molar-refractivity contribution in [3.05, 3.63) is 71.3 Å². The first-order chi connectivity index (χ1) is 16.4. The van der Waals surface area contributed by atoms with E-state index in [2.05, 4.69) is 12.2 Å². The number of allylic oxidation sites excluding steroid dienone is 2. The standard InChI is InChI=1S/C28H28N2O4/c1-15-9-16(2)11-18(10-15)29(26(31)17-5-4-6-19(12-17)34-3)14-30-27(32)24-20-7-8-21(23-13-22(20)23)25(24)28(30)33/h4-12,20-25H,13-14H2,1-3H3.